The summed E-state index contributed by atoms with van der Waals surface area (Å²) in [7, 11) is 0. The minimum atomic E-state index is 0.0706. The van der Waals surface area contributed by atoms with Crippen LogP contribution in [-0.2, 0) is 0 Å². The third kappa shape index (κ3) is 3.64. The van der Waals surface area contributed by atoms with Crippen LogP contribution in [0.3, 0.4) is 0 Å². The van der Waals surface area contributed by atoms with Crippen LogP contribution in [0.25, 0.3) is 0 Å². The highest BCUT2D eigenvalue weighted by Gasteiger charge is 2.12. The molecule has 0 amide bonds. The van der Waals surface area contributed by atoms with Crippen molar-refractivity contribution in [1.29, 1.82) is 5.41 Å². The number of aryl methyl sites for hydroxylation is 2. The van der Waals surface area contributed by atoms with E-state index in [1.165, 1.54) is 5.56 Å². The molecular formula is C17H21N3S. The Kier molecular flexibility index (Phi) is 4.68. The lowest BCUT2D eigenvalue weighted by Gasteiger charge is -2.12. The molecule has 0 aliphatic rings. The second-order valence-corrected chi connectivity index (χ2v) is 6.58. The van der Waals surface area contributed by atoms with E-state index in [1.807, 2.05) is 19.9 Å². The molecule has 0 spiro atoms. The van der Waals surface area contributed by atoms with Gasteiger partial charge in [-0.05, 0) is 43.5 Å². The van der Waals surface area contributed by atoms with Crippen LogP contribution in [0.5, 0.6) is 0 Å². The number of nitrogens with two attached hydrogens (primary N) is 1. The lowest BCUT2D eigenvalue weighted by molar-refractivity contribution is 0.865. The van der Waals surface area contributed by atoms with Gasteiger partial charge in [0.05, 0.1) is 5.56 Å². The average molecular weight is 299 g/mol. The summed E-state index contributed by atoms with van der Waals surface area (Å²) in [4.78, 5) is 6.54. The van der Waals surface area contributed by atoms with Crippen LogP contribution in [0.4, 0.5) is 0 Å². The zero-order chi connectivity index (χ0) is 15.6. The van der Waals surface area contributed by atoms with Crippen LogP contribution < -0.4 is 5.73 Å². The number of nitrogens with zero attached hydrogens (tertiary/aromatic N) is 1. The second kappa shape index (κ2) is 6.31. The van der Waals surface area contributed by atoms with E-state index >= 15 is 0 Å². The van der Waals surface area contributed by atoms with Gasteiger partial charge < -0.3 is 5.73 Å². The van der Waals surface area contributed by atoms with Crippen molar-refractivity contribution in [3.8, 4) is 0 Å². The molecule has 3 nitrogen and oxygen atoms in total. The Morgan fingerprint density at radius 2 is 1.81 bits per heavy atom. The molecule has 3 N–H and O–H groups in total. The topological polar surface area (TPSA) is 62.8 Å². The molecule has 1 aromatic carbocycles. The second-order valence-electron chi connectivity index (χ2n) is 5.46. The lowest BCUT2D eigenvalue weighted by Crippen LogP contribution is -2.15. The summed E-state index contributed by atoms with van der Waals surface area (Å²) in [5.41, 5.74) is 9.53. The van der Waals surface area contributed by atoms with Crippen LogP contribution in [0, 0.1) is 19.3 Å². The zero-order valence-corrected chi connectivity index (χ0v) is 13.7. The van der Waals surface area contributed by atoms with Gasteiger partial charge in [0.15, 0.2) is 0 Å². The molecule has 1 aromatic heterocycles. The van der Waals surface area contributed by atoms with Gasteiger partial charge >= 0.3 is 0 Å². The van der Waals surface area contributed by atoms with Gasteiger partial charge in [0, 0.05) is 21.2 Å². The fourth-order valence-corrected chi connectivity index (χ4v) is 3.36. The summed E-state index contributed by atoms with van der Waals surface area (Å²) < 4.78 is 0. The largest absolute Gasteiger partial charge is 0.384 e. The van der Waals surface area contributed by atoms with Crippen molar-refractivity contribution in [2.75, 3.05) is 0 Å². The number of nitrogens with one attached hydrogen (secondary N) is 1. The maximum Gasteiger partial charge on any atom is 0.125 e. The molecule has 0 bridgehead atoms. The maximum atomic E-state index is 7.77. The van der Waals surface area contributed by atoms with Gasteiger partial charge in [0.25, 0.3) is 0 Å². The molecule has 0 saturated carbocycles. The van der Waals surface area contributed by atoms with Gasteiger partial charge in [-0.25, -0.2) is 0 Å². The van der Waals surface area contributed by atoms with Gasteiger partial charge in [0.2, 0.25) is 0 Å². The quantitative estimate of drug-likeness (QED) is 0.655. The van der Waals surface area contributed by atoms with E-state index in [0.717, 1.165) is 26.7 Å². The number of nitrogen functional groups attached to an aromatic ring is 1. The van der Waals surface area contributed by atoms with Crippen molar-refractivity contribution < 1.29 is 0 Å². The van der Waals surface area contributed by atoms with Gasteiger partial charge in [-0.3, -0.25) is 10.4 Å². The van der Waals surface area contributed by atoms with E-state index < -0.39 is 0 Å². The molecule has 0 unspecified atom stereocenters. The third-order valence-electron chi connectivity index (χ3n) is 3.34. The van der Waals surface area contributed by atoms with Crippen molar-refractivity contribution >= 4 is 17.6 Å². The normalized spacial score (nSPS) is 10.9. The summed E-state index contributed by atoms with van der Waals surface area (Å²) in [6, 6.07) is 10.5. The molecule has 0 aliphatic heterocycles. The van der Waals surface area contributed by atoms with Crippen molar-refractivity contribution in [3.63, 3.8) is 0 Å². The highest BCUT2D eigenvalue weighted by Crippen LogP contribution is 2.32. The minimum absolute atomic E-state index is 0.0706. The van der Waals surface area contributed by atoms with Crippen molar-refractivity contribution in [2.45, 2.75) is 43.4 Å². The number of hydrogen-bond donors (Lipinski definition) is 2. The molecule has 21 heavy (non-hydrogen) atoms. The molecule has 2 aromatic rings. The van der Waals surface area contributed by atoms with Crippen molar-refractivity contribution in [1.82, 2.24) is 4.98 Å². The maximum absolute atomic E-state index is 7.77. The molecular weight excluding hydrogens is 278 g/mol. The first-order valence-electron chi connectivity index (χ1n) is 6.99. The van der Waals surface area contributed by atoms with Gasteiger partial charge in [-0.15, -0.1) is 0 Å². The Morgan fingerprint density at radius 3 is 2.33 bits per heavy atom. The van der Waals surface area contributed by atoms with Crippen LogP contribution in [-0.4, -0.2) is 10.8 Å². The summed E-state index contributed by atoms with van der Waals surface area (Å²) in [6.07, 6.45) is 0. The Morgan fingerprint density at radius 1 is 1.19 bits per heavy atom. The van der Waals surface area contributed by atoms with E-state index in [0.29, 0.717) is 5.92 Å². The Bertz CT molecular complexity index is 660. The first-order valence-corrected chi connectivity index (χ1v) is 7.80. The highest BCUT2D eigenvalue weighted by atomic mass is 32.2. The van der Waals surface area contributed by atoms with E-state index in [4.69, 9.17) is 11.1 Å². The van der Waals surface area contributed by atoms with Crippen LogP contribution in [0.15, 0.2) is 40.1 Å². The van der Waals surface area contributed by atoms with E-state index in [2.05, 4.69) is 43.1 Å². The standard InChI is InChI=1S/C17H21N3S/c1-10(2)13-5-7-14(8-6-13)21-15-9-11(3)20-12(4)16(15)17(18)19/h5-10H,1-4H3,(H3,18,19). The number of hydrogen-bond acceptors (Lipinski definition) is 3. The first-order chi connectivity index (χ1) is 9.88. The van der Waals surface area contributed by atoms with Crippen molar-refractivity contribution in [3.05, 3.63) is 52.8 Å². The van der Waals surface area contributed by atoms with E-state index in [-0.39, 0.29) is 5.84 Å². The Labute approximate surface area is 130 Å². The molecule has 0 radical (unpaired) electrons. The smallest absolute Gasteiger partial charge is 0.125 e. The monoisotopic (exact) mass is 299 g/mol. The van der Waals surface area contributed by atoms with Gasteiger partial charge in [-0.2, -0.15) is 0 Å². The number of benzene rings is 1. The summed E-state index contributed by atoms with van der Waals surface area (Å²) in [6.45, 7) is 8.23. The minimum Gasteiger partial charge on any atom is -0.384 e. The summed E-state index contributed by atoms with van der Waals surface area (Å²) in [5.74, 6) is 0.601. The molecule has 0 aliphatic carbocycles. The third-order valence-corrected chi connectivity index (χ3v) is 4.39. The summed E-state index contributed by atoms with van der Waals surface area (Å²) in [5, 5.41) is 7.77. The Hall–Kier alpha value is -1.81. The van der Waals surface area contributed by atoms with Crippen molar-refractivity contribution in [2.24, 2.45) is 5.73 Å². The Balaban J connectivity index is 2.37. The molecule has 4 heteroatoms. The highest BCUT2D eigenvalue weighted by molar-refractivity contribution is 7.99. The van der Waals surface area contributed by atoms with Crippen LogP contribution >= 0.6 is 11.8 Å². The molecule has 0 fully saturated rings. The molecule has 1 heterocycles. The predicted molar refractivity (Wildman–Crippen MR) is 89.4 cm³/mol. The van der Waals surface area contributed by atoms with Crippen LogP contribution in [0.1, 0.15) is 42.3 Å². The van der Waals surface area contributed by atoms with Gasteiger partial charge in [0.1, 0.15) is 5.84 Å². The molecule has 0 saturated heterocycles. The number of aromatic nitrogens is 1. The molecule has 110 valence electrons. The fraction of sp³-hybridized carbons (Fsp3) is 0.294. The SMILES string of the molecule is Cc1cc(Sc2ccc(C(C)C)cc2)c(C(=N)N)c(C)n1. The summed E-state index contributed by atoms with van der Waals surface area (Å²) >= 11 is 1.63. The zero-order valence-electron chi connectivity index (χ0n) is 12.9. The van der Waals surface area contributed by atoms with Crippen LogP contribution in [0.2, 0.25) is 0 Å². The first kappa shape index (κ1) is 15.6. The number of amidine groups is 1. The number of rotatable bonds is 4. The average Bonchev–Trinajstić information content (AvgIpc) is 2.37. The molecule has 2 rings (SSSR count). The molecule has 0 atom stereocenters. The predicted octanol–water partition coefficient (Wildman–Crippen LogP) is 4.26. The number of pyridine rings is 1. The van der Waals surface area contributed by atoms with E-state index in [1.54, 1.807) is 11.8 Å². The fourth-order valence-electron chi connectivity index (χ4n) is 2.25. The van der Waals surface area contributed by atoms with Gasteiger partial charge in [-0.1, -0.05) is 37.7 Å². The lowest BCUT2D eigenvalue weighted by atomic mass is 10.0. The van der Waals surface area contributed by atoms with E-state index in [9.17, 15) is 0 Å².